The second kappa shape index (κ2) is 12.8. The summed E-state index contributed by atoms with van der Waals surface area (Å²) in [5.41, 5.74) is 4.62. The summed E-state index contributed by atoms with van der Waals surface area (Å²) in [7, 11) is 0. The van der Waals surface area contributed by atoms with Gasteiger partial charge in [0.1, 0.15) is 17.4 Å². The van der Waals surface area contributed by atoms with E-state index in [2.05, 4.69) is 0 Å². The normalized spacial score (nSPS) is 14.9. The number of aryl methyl sites for hydroxylation is 1. The first-order valence-corrected chi connectivity index (χ1v) is 13.8. The van der Waals surface area contributed by atoms with Crippen LogP contribution in [-0.4, -0.2) is 51.9 Å². The molecule has 8 heteroatoms. The highest BCUT2D eigenvalue weighted by molar-refractivity contribution is 6.19. The third kappa shape index (κ3) is 6.64. The SMILES string of the molecule is CC1=C(C#N)C(=O)N(CCCOC(C)C)C(=O)/C1=C/c1cn(-c2ccccc2)nc1-c1ccc(OC(C)C)c(C)c1. The van der Waals surface area contributed by atoms with Gasteiger partial charge in [0.2, 0.25) is 0 Å². The van der Waals surface area contributed by atoms with Gasteiger partial charge in [0.15, 0.2) is 0 Å². The molecule has 0 N–H and O–H groups in total. The lowest BCUT2D eigenvalue weighted by atomic mass is 9.93. The number of imide groups is 1. The molecule has 4 rings (SSSR count). The van der Waals surface area contributed by atoms with E-state index in [1.54, 1.807) is 17.7 Å². The minimum absolute atomic E-state index is 0.0383. The monoisotopic (exact) mass is 552 g/mol. The van der Waals surface area contributed by atoms with Gasteiger partial charge in [0.05, 0.1) is 23.6 Å². The zero-order valence-corrected chi connectivity index (χ0v) is 24.5. The second-order valence-electron chi connectivity index (χ2n) is 10.6. The number of hydrogen-bond acceptors (Lipinski definition) is 6. The molecule has 1 aromatic heterocycles. The molecule has 0 saturated carbocycles. The standard InChI is InChI=1S/C33H36N4O4/c1-21(2)40-16-10-15-36-32(38)28(24(6)29(19-34)33(36)39)18-26-20-37(27-11-8-7-9-12-27)35-31(26)25-13-14-30(23(5)17-25)41-22(3)4/h7-9,11-14,17-18,20-22H,10,15-16H2,1-6H3/b28-18+. The summed E-state index contributed by atoms with van der Waals surface area (Å²) in [5, 5.41) is 14.7. The van der Waals surface area contributed by atoms with Crippen LogP contribution < -0.4 is 4.74 Å². The van der Waals surface area contributed by atoms with Crippen LogP contribution in [0.2, 0.25) is 0 Å². The van der Waals surface area contributed by atoms with E-state index in [1.807, 2.05) is 95.4 Å². The van der Waals surface area contributed by atoms with E-state index in [9.17, 15) is 14.9 Å². The molecule has 0 spiro atoms. The van der Waals surface area contributed by atoms with Gasteiger partial charge >= 0.3 is 0 Å². The Morgan fingerprint density at radius 1 is 1.00 bits per heavy atom. The lowest BCUT2D eigenvalue weighted by Crippen LogP contribution is -2.43. The Morgan fingerprint density at radius 3 is 2.37 bits per heavy atom. The predicted molar refractivity (Wildman–Crippen MR) is 158 cm³/mol. The quantitative estimate of drug-likeness (QED) is 0.173. The van der Waals surface area contributed by atoms with Gasteiger partial charge in [-0.3, -0.25) is 14.5 Å². The highest BCUT2D eigenvalue weighted by Gasteiger charge is 2.35. The summed E-state index contributed by atoms with van der Waals surface area (Å²) in [5.74, 6) is -0.221. The van der Waals surface area contributed by atoms with Crippen molar-refractivity contribution in [2.45, 2.75) is 60.2 Å². The Bertz CT molecular complexity index is 1540. The number of aromatic nitrogens is 2. The molecular weight excluding hydrogens is 516 g/mol. The Hall–Kier alpha value is -4.48. The maximum absolute atomic E-state index is 13.7. The summed E-state index contributed by atoms with van der Waals surface area (Å²) < 4.78 is 13.3. The van der Waals surface area contributed by atoms with E-state index < -0.39 is 11.8 Å². The third-order valence-electron chi connectivity index (χ3n) is 6.68. The first-order valence-electron chi connectivity index (χ1n) is 13.8. The molecule has 1 aliphatic heterocycles. The number of carbonyl (C=O) groups excluding carboxylic acids is 2. The number of hydrogen-bond donors (Lipinski definition) is 0. The number of carbonyl (C=O) groups is 2. The van der Waals surface area contributed by atoms with Crippen molar-refractivity contribution in [3.63, 3.8) is 0 Å². The zero-order valence-electron chi connectivity index (χ0n) is 24.5. The predicted octanol–water partition coefficient (Wildman–Crippen LogP) is 6.04. The molecular formula is C33H36N4O4. The van der Waals surface area contributed by atoms with Crippen molar-refractivity contribution in [2.75, 3.05) is 13.2 Å². The van der Waals surface area contributed by atoms with Gasteiger partial charge < -0.3 is 9.47 Å². The highest BCUT2D eigenvalue weighted by Crippen LogP contribution is 2.33. The van der Waals surface area contributed by atoms with Crippen LogP contribution in [0.1, 0.15) is 52.2 Å². The van der Waals surface area contributed by atoms with Crippen LogP contribution in [0.25, 0.3) is 23.0 Å². The number of para-hydroxylation sites is 1. The van der Waals surface area contributed by atoms with Crippen LogP contribution >= 0.6 is 0 Å². The van der Waals surface area contributed by atoms with Crippen LogP contribution in [0, 0.1) is 18.3 Å². The van der Waals surface area contributed by atoms with Crippen molar-refractivity contribution in [1.29, 1.82) is 5.26 Å². The lowest BCUT2D eigenvalue weighted by molar-refractivity contribution is -0.140. The zero-order chi connectivity index (χ0) is 29.7. The van der Waals surface area contributed by atoms with Crippen LogP contribution in [-0.2, 0) is 14.3 Å². The molecule has 1 aliphatic rings. The van der Waals surface area contributed by atoms with Crippen LogP contribution in [0.15, 0.2) is 71.4 Å². The Morgan fingerprint density at radius 2 is 1.73 bits per heavy atom. The molecule has 3 aromatic rings. The first-order chi connectivity index (χ1) is 19.6. The van der Waals surface area contributed by atoms with E-state index in [4.69, 9.17) is 14.6 Å². The van der Waals surface area contributed by atoms with Crippen molar-refractivity contribution >= 4 is 17.9 Å². The Balaban J connectivity index is 1.81. The molecule has 2 aromatic carbocycles. The maximum atomic E-state index is 13.7. The van der Waals surface area contributed by atoms with E-state index in [0.717, 1.165) is 27.5 Å². The number of nitrogens with zero attached hydrogens (tertiary/aromatic N) is 4. The first kappa shape index (κ1) is 29.5. The third-order valence-corrected chi connectivity index (χ3v) is 6.68. The lowest BCUT2D eigenvalue weighted by Gasteiger charge is -2.27. The van der Waals surface area contributed by atoms with Gasteiger partial charge in [-0.2, -0.15) is 10.4 Å². The van der Waals surface area contributed by atoms with Gasteiger partial charge in [-0.1, -0.05) is 18.2 Å². The average molecular weight is 553 g/mol. The fourth-order valence-electron chi connectivity index (χ4n) is 4.64. The molecule has 8 nitrogen and oxygen atoms in total. The minimum Gasteiger partial charge on any atom is -0.491 e. The summed E-state index contributed by atoms with van der Waals surface area (Å²) >= 11 is 0. The van der Waals surface area contributed by atoms with E-state index in [1.165, 1.54) is 0 Å². The number of nitriles is 1. The van der Waals surface area contributed by atoms with Gasteiger partial charge in [-0.15, -0.1) is 0 Å². The fraction of sp³-hybridized carbons (Fsp3) is 0.333. The summed E-state index contributed by atoms with van der Waals surface area (Å²) in [6, 6.07) is 17.6. The summed E-state index contributed by atoms with van der Waals surface area (Å²) in [6.07, 6.45) is 4.15. The molecule has 0 aliphatic carbocycles. The Kier molecular flexibility index (Phi) is 9.21. The van der Waals surface area contributed by atoms with Crippen molar-refractivity contribution in [3.05, 3.63) is 82.6 Å². The average Bonchev–Trinajstić information content (AvgIpc) is 3.36. The molecule has 0 atom stereocenters. The summed E-state index contributed by atoms with van der Waals surface area (Å²) in [6.45, 7) is 12.0. The molecule has 0 fully saturated rings. The number of benzene rings is 2. The largest absolute Gasteiger partial charge is 0.491 e. The highest BCUT2D eigenvalue weighted by atomic mass is 16.5. The number of amides is 2. The van der Waals surface area contributed by atoms with Gasteiger partial charge in [0, 0.05) is 36.0 Å². The van der Waals surface area contributed by atoms with E-state index in [-0.39, 0.29) is 29.9 Å². The van der Waals surface area contributed by atoms with Crippen molar-refractivity contribution in [3.8, 4) is 28.8 Å². The molecule has 0 radical (unpaired) electrons. The molecule has 212 valence electrons. The topological polar surface area (TPSA) is 97.5 Å². The van der Waals surface area contributed by atoms with Crippen LogP contribution in [0.5, 0.6) is 5.75 Å². The number of ether oxygens (including phenoxy) is 2. The molecule has 0 bridgehead atoms. The van der Waals surface area contributed by atoms with Crippen LogP contribution in [0.3, 0.4) is 0 Å². The van der Waals surface area contributed by atoms with Crippen molar-refractivity contribution in [1.82, 2.24) is 14.7 Å². The van der Waals surface area contributed by atoms with Crippen LogP contribution in [0.4, 0.5) is 0 Å². The summed E-state index contributed by atoms with van der Waals surface area (Å²) in [4.78, 5) is 27.9. The van der Waals surface area contributed by atoms with Gasteiger partial charge in [-0.05, 0) is 95.5 Å². The van der Waals surface area contributed by atoms with Gasteiger partial charge in [-0.25, -0.2) is 4.68 Å². The van der Waals surface area contributed by atoms with Gasteiger partial charge in [0.25, 0.3) is 11.8 Å². The maximum Gasteiger partial charge on any atom is 0.271 e. The van der Waals surface area contributed by atoms with E-state index in [0.29, 0.717) is 29.9 Å². The molecule has 41 heavy (non-hydrogen) atoms. The smallest absolute Gasteiger partial charge is 0.271 e. The number of rotatable bonds is 10. The molecule has 0 saturated heterocycles. The Labute approximate surface area is 241 Å². The molecule has 2 amide bonds. The second-order valence-corrected chi connectivity index (χ2v) is 10.6. The molecule has 0 unspecified atom stereocenters. The van der Waals surface area contributed by atoms with E-state index >= 15 is 0 Å². The molecule has 2 heterocycles. The fourth-order valence-corrected chi connectivity index (χ4v) is 4.64. The minimum atomic E-state index is -0.576. The van der Waals surface area contributed by atoms with Crippen molar-refractivity contribution in [2.24, 2.45) is 0 Å². The van der Waals surface area contributed by atoms with Crippen molar-refractivity contribution < 1.29 is 19.1 Å².